The molecule has 15 heteroatoms. The van der Waals surface area contributed by atoms with Crippen molar-refractivity contribution in [2.75, 3.05) is 45.1 Å². The van der Waals surface area contributed by atoms with Crippen molar-refractivity contribution in [3.05, 3.63) is 28.3 Å². The van der Waals surface area contributed by atoms with Gasteiger partial charge in [0, 0.05) is 26.2 Å². The number of halogens is 6. The Morgan fingerprint density at radius 3 is 2.33 bits per heavy atom. The van der Waals surface area contributed by atoms with Crippen LogP contribution in [0.1, 0.15) is 19.4 Å². The Hall–Kier alpha value is -3.23. The van der Waals surface area contributed by atoms with E-state index in [1.807, 2.05) is 0 Å². The van der Waals surface area contributed by atoms with Gasteiger partial charge in [0.05, 0.1) is 30.0 Å². The number of pyridine rings is 1. The number of nitrogen functional groups attached to an aromatic ring is 1. The van der Waals surface area contributed by atoms with E-state index in [1.165, 1.54) is 12.2 Å². The lowest BCUT2D eigenvalue weighted by molar-refractivity contribution is -0.137. The van der Waals surface area contributed by atoms with Crippen molar-refractivity contribution in [3.8, 4) is 23.1 Å². The van der Waals surface area contributed by atoms with Crippen LogP contribution in [-0.2, 0) is 6.18 Å². The van der Waals surface area contributed by atoms with Crippen LogP contribution in [0.4, 0.5) is 33.5 Å². The van der Waals surface area contributed by atoms with Crippen LogP contribution < -0.4 is 25.6 Å². The molecule has 0 radical (unpaired) electrons. The van der Waals surface area contributed by atoms with Gasteiger partial charge in [-0.3, -0.25) is 5.01 Å². The van der Waals surface area contributed by atoms with E-state index in [0.717, 1.165) is 0 Å². The molecule has 3 N–H and O–H groups in total. The Balaban J connectivity index is 2.53. The van der Waals surface area contributed by atoms with E-state index < -0.39 is 50.9 Å². The van der Waals surface area contributed by atoms with Gasteiger partial charge in [-0.05, 0) is 19.9 Å². The average Bonchev–Trinajstić information content (AvgIpc) is 2.83. The summed E-state index contributed by atoms with van der Waals surface area (Å²) in [7, 11) is 4.53. The highest BCUT2D eigenvalue weighted by Gasteiger charge is 2.40. The summed E-state index contributed by atoms with van der Waals surface area (Å²) in [6.45, 7) is 3.73. The minimum absolute atomic E-state index is 0.0189. The molecular formula is C21H23ClF5N7O2. The molecule has 0 saturated heterocycles. The normalized spacial score (nSPS) is 11.9. The number of aromatic nitrogens is 3. The molecule has 1 aromatic carbocycles. The van der Waals surface area contributed by atoms with Crippen LogP contribution >= 0.6 is 11.6 Å². The van der Waals surface area contributed by atoms with Crippen LogP contribution in [-0.4, -0.2) is 54.4 Å². The number of nitrogens with two attached hydrogens (primary N) is 1. The molecule has 0 bridgehead atoms. The summed E-state index contributed by atoms with van der Waals surface area (Å²) >= 11 is 5.67. The van der Waals surface area contributed by atoms with Crippen molar-refractivity contribution in [2.45, 2.75) is 20.0 Å². The quantitative estimate of drug-likeness (QED) is 0.246. The van der Waals surface area contributed by atoms with Crippen LogP contribution in [0.5, 0.6) is 11.9 Å². The van der Waals surface area contributed by atoms with Gasteiger partial charge in [-0.25, -0.2) is 19.2 Å². The average molecular weight is 536 g/mol. The summed E-state index contributed by atoms with van der Waals surface area (Å²) in [6, 6.07) is 0.343. The Morgan fingerprint density at radius 1 is 1.14 bits per heavy atom. The van der Waals surface area contributed by atoms with Crippen molar-refractivity contribution in [1.29, 1.82) is 0 Å². The fourth-order valence-corrected chi connectivity index (χ4v) is 3.85. The molecule has 0 atom stereocenters. The largest absolute Gasteiger partial charge is 0.477 e. The zero-order valence-corrected chi connectivity index (χ0v) is 20.6. The Labute approximate surface area is 207 Å². The van der Waals surface area contributed by atoms with Gasteiger partial charge in [-0.15, -0.1) is 0 Å². The number of nitrogens with one attached hydrogen (secondary N) is 1. The summed E-state index contributed by atoms with van der Waals surface area (Å²) in [5, 5.41) is 1.76. The van der Waals surface area contributed by atoms with Gasteiger partial charge in [0.2, 0.25) is 5.88 Å². The number of methoxy groups -OCH3 is 1. The third-order valence-corrected chi connectivity index (χ3v) is 5.53. The minimum atomic E-state index is -5.17. The lowest BCUT2D eigenvalue weighted by atomic mass is 10.0. The summed E-state index contributed by atoms with van der Waals surface area (Å²) in [4.78, 5) is 12.4. The maximum atomic E-state index is 16.0. The number of ether oxygens (including phenoxy) is 2. The fraction of sp³-hybridized carbons (Fsp3) is 0.381. The molecule has 0 amide bonds. The summed E-state index contributed by atoms with van der Waals surface area (Å²) in [5.41, 5.74) is 3.87. The van der Waals surface area contributed by atoms with Crippen LogP contribution in [0.25, 0.3) is 22.2 Å². The number of hydrogen-bond acceptors (Lipinski definition) is 9. The van der Waals surface area contributed by atoms with Crippen molar-refractivity contribution in [3.63, 3.8) is 0 Å². The number of alkyl halides is 3. The van der Waals surface area contributed by atoms with Crippen LogP contribution in [0.2, 0.25) is 5.02 Å². The molecule has 2 aromatic heterocycles. The standard InChI is InChI=1S/C21H23ClF5N7O2/c1-6-34(33(4)29-3)18-11-17(31-20(32-18)35-5)15(24)16(30-19(11)36-7-2)9-8-10(28)14(23)13(22)12(9)21(25,26)27/h8,29H,6-7,28H2,1-5H3. The smallest absolute Gasteiger partial charge is 0.418 e. The van der Waals surface area contributed by atoms with Crippen molar-refractivity contribution < 1.29 is 31.4 Å². The third-order valence-electron chi connectivity index (χ3n) is 5.18. The Kier molecular flexibility index (Phi) is 7.91. The fourth-order valence-electron chi connectivity index (χ4n) is 3.54. The molecule has 0 saturated carbocycles. The van der Waals surface area contributed by atoms with Crippen LogP contribution in [0.3, 0.4) is 0 Å². The first-order valence-corrected chi connectivity index (χ1v) is 10.9. The molecule has 196 valence electrons. The molecule has 0 aliphatic rings. The molecule has 9 nitrogen and oxygen atoms in total. The second-order valence-corrected chi connectivity index (χ2v) is 7.63. The molecule has 0 aliphatic carbocycles. The molecule has 2 heterocycles. The van der Waals surface area contributed by atoms with Crippen molar-refractivity contribution >= 4 is 34.0 Å². The first-order chi connectivity index (χ1) is 16.9. The second-order valence-electron chi connectivity index (χ2n) is 7.25. The van der Waals surface area contributed by atoms with E-state index in [1.54, 1.807) is 33.0 Å². The highest BCUT2D eigenvalue weighted by Crippen LogP contribution is 2.46. The van der Waals surface area contributed by atoms with Crippen LogP contribution in [0.15, 0.2) is 6.07 Å². The van der Waals surface area contributed by atoms with Gasteiger partial charge >= 0.3 is 12.2 Å². The number of fused-ring (bicyclic) bond motifs is 1. The van der Waals surface area contributed by atoms with E-state index in [4.69, 9.17) is 26.8 Å². The molecule has 0 spiro atoms. The predicted octanol–water partition coefficient (Wildman–Crippen LogP) is 4.44. The first-order valence-electron chi connectivity index (χ1n) is 10.5. The molecule has 0 unspecified atom stereocenters. The molecule has 36 heavy (non-hydrogen) atoms. The maximum absolute atomic E-state index is 16.0. The molecule has 0 aliphatic heterocycles. The maximum Gasteiger partial charge on any atom is 0.418 e. The molecular weight excluding hydrogens is 513 g/mol. The van der Waals surface area contributed by atoms with E-state index >= 15 is 4.39 Å². The molecule has 0 fully saturated rings. The van der Waals surface area contributed by atoms with E-state index in [9.17, 15) is 17.6 Å². The monoisotopic (exact) mass is 535 g/mol. The van der Waals surface area contributed by atoms with Gasteiger partial charge in [0.25, 0.3) is 0 Å². The zero-order chi connectivity index (χ0) is 26.9. The van der Waals surface area contributed by atoms with E-state index in [0.29, 0.717) is 12.6 Å². The van der Waals surface area contributed by atoms with Crippen molar-refractivity contribution in [2.24, 2.45) is 0 Å². The highest BCUT2D eigenvalue weighted by atomic mass is 35.5. The number of hydrogen-bond donors (Lipinski definition) is 2. The topological polar surface area (TPSA) is 102 Å². The molecule has 3 aromatic rings. The lowest BCUT2D eigenvalue weighted by Gasteiger charge is -2.32. The first kappa shape index (κ1) is 27.4. The van der Waals surface area contributed by atoms with Crippen molar-refractivity contribution in [1.82, 2.24) is 25.5 Å². The number of nitrogens with zero attached hydrogens (tertiary/aromatic N) is 5. The lowest BCUT2D eigenvalue weighted by Crippen LogP contribution is -2.47. The Morgan fingerprint density at radius 2 is 1.81 bits per heavy atom. The minimum Gasteiger partial charge on any atom is -0.477 e. The van der Waals surface area contributed by atoms with Crippen LogP contribution in [0, 0.1) is 11.6 Å². The zero-order valence-electron chi connectivity index (χ0n) is 19.9. The Bertz CT molecular complexity index is 1290. The summed E-state index contributed by atoms with van der Waals surface area (Å²) in [5.74, 6) is -2.92. The molecule has 3 rings (SSSR count). The highest BCUT2D eigenvalue weighted by molar-refractivity contribution is 6.32. The third kappa shape index (κ3) is 4.75. The number of hydrazine groups is 2. The number of anilines is 2. The number of benzene rings is 1. The second kappa shape index (κ2) is 10.4. The van der Waals surface area contributed by atoms with Gasteiger partial charge in [0.15, 0.2) is 17.5 Å². The summed E-state index contributed by atoms with van der Waals surface area (Å²) < 4.78 is 82.7. The van der Waals surface area contributed by atoms with Gasteiger partial charge in [-0.2, -0.15) is 28.3 Å². The van der Waals surface area contributed by atoms with Gasteiger partial charge in [-0.1, -0.05) is 11.6 Å². The van der Waals surface area contributed by atoms with E-state index in [-0.39, 0.29) is 29.7 Å². The predicted molar refractivity (Wildman–Crippen MR) is 125 cm³/mol. The summed E-state index contributed by atoms with van der Waals surface area (Å²) in [6.07, 6.45) is -5.17. The van der Waals surface area contributed by atoms with Gasteiger partial charge < -0.3 is 15.2 Å². The number of rotatable bonds is 8. The SMILES string of the molecule is CCOc1nc(-c2cc(N)c(F)c(Cl)c2C(F)(F)F)c(F)c2nc(OC)nc(N(CC)N(C)NC)c12. The van der Waals surface area contributed by atoms with E-state index in [2.05, 4.69) is 20.4 Å². The van der Waals surface area contributed by atoms with Gasteiger partial charge in [0.1, 0.15) is 16.6 Å².